The van der Waals surface area contributed by atoms with E-state index >= 15 is 0 Å². The first-order valence-corrected chi connectivity index (χ1v) is 11.5. The maximum Gasteiger partial charge on any atom is 0.238 e. The molecule has 0 spiro atoms. The minimum absolute atomic E-state index is 0.0108. The molecular formula is C19H22N4O4S2. The number of primary sulfonamides is 1. The topological polar surface area (TPSA) is 116 Å². The normalized spacial score (nSPS) is 11.6. The summed E-state index contributed by atoms with van der Waals surface area (Å²) in [4.78, 5) is 16.9. The highest BCUT2D eigenvalue weighted by atomic mass is 32.2. The Hall–Kier alpha value is -2.56. The van der Waals surface area contributed by atoms with Crippen molar-refractivity contribution in [2.75, 3.05) is 18.2 Å². The Balaban J connectivity index is 1.81. The van der Waals surface area contributed by atoms with Crippen LogP contribution in [0.1, 0.15) is 13.3 Å². The minimum Gasteiger partial charge on any atom is -0.495 e. The number of fused-ring (bicyclic) bond motifs is 1. The Morgan fingerprint density at radius 1 is 1.28 bits per heavy atom. The van der Waals surface area contributed by atoms with Crippen LogP contribution in [-0.2, 0) is 21.4 Å². The predicted molar refractivity (Wildman–Crippen MR) is 114 cm³/mol. The van der Waals surface area contributed by atoms with E-state index in [-0.39, 0.29) is 16.6 Å². The summed E-state index contributed by atoms with van der Waals surface area (Å²) in [5.74, 6) is 0.534. The van der Waals surface area contributed by atoms with E-state index in [4.69, 9.17) is 9.88 Å². The summed E-state index contributed by atoms with van der Waals surface area (Å²) in [5.41, 5.74) is 1.92. The molecule has 3 rings (SSSR count). The van der Waals surface area contributed by atoms with Gasteiger partial charge in [0.15, 0.2) is 5.16 Å². The van der Waals surface area contributed by atoms with Gasteiger partial charge in [0.2, 0.25) is 15.9 Å². The number of para-hydroxylation sites is 2. The lowest BCUT2D eigenvalue weighted by Crippen LogP contribution is -2.15. The second kappa shape index (κ2) is 8.85. The molecule has 0 fully saturated rings. The molecule has 0 aliphatic heterocycles. The first-order chi connectivity index (χ1) is 13.8. The van der Waals surface area contributed by atoms with Crippen LogP contribution >= 0.6 is 11.8 Å². The van der Waals surface area contributed by atoms with Crippen LogP contribution in [0.4, 0.5) is 5.69 Å². The van der Waals surface area contributed by atoms with E-state index in [1.54, 1.807) is 25.3 Å². The van der Waals surface area contributed by atoms with Gasteiger partial charge in [-0.1, -0.05) is 30.8 Å². The molecule has 0 aliphatic carbocycles. The van der Waals surface area contributed by atoms with Gasteiger partial charge in [0.05, 0.1) is 34.5 Å². The van der Waals surface area contributed by atoms with Crippen molar-refractivity contribution in [3.63, 3.8) is 0 Å². The van der Waals surface area contributed by atoms with Gasteiger partial charge in [-0.05, 0) is 36.8 Å². The van der Waals surface area contributed by atoms with E-state index in [9.17, 15) is 13.2 Å². The van der Waals surface area contributed by atoms with Crippen LogP contribution in [0.15, 0.2) is 52.5 Å². The van der Waals surface area contributed by atoms with E-state index in [1.807, 2.05) is 23.6 Å². The first kappa shape index (κ1) is 21.2. The highest BCUT2D eigenvalue weighted by Crippen LogP contribution is 2.27. The number of anilines is 1. The summed E-state index contributed by atoms with van der Waals surface area (Å²) in [5, 5.41) is 8.69. The second-order valence-electron chi connectivity index (χ2n) is 6.28. The average molecular weight is 435 g/mol. The predicted octanol–water partition coefficient (Wildman–Crippen LogP) is 2.83. The van der Waals surface area contributed by atoms with Gasteiger partial charge in [-0.25, -0.2) is 18.5 Å². The van der Waals surface area contributed by atoms with Gasteiger partial charge in [0.25, 0.3) is 0 Å². The number of carbonyl (C=O) groups is 1. The molecule has 29 heavy (non-hydrogen) atoms. The SMILES string of the molecule is CCCn1c(SCC(=O)Nc2ccccc2OC)nc2cc(S(N)(=O)=O)ccc21. The molecule has 0 saturated heterocycles. The molecule has 154 valence electrons. The Morgan fingerprint density at radius 2 is 2.03 bits per heavy atom. The maximum absolute atomic E-state index is 12.4. The number of nitrogens with two attached hydrogens (primary N) is 1. The molecule has 0 unspecified atom stereocenters. The van der Waals surface area contributed by atoms with Gasteiger partial charge >= 0.3 is 0 Å². The van der Waals surface area contributed by atoms with Crippen molar-refractivity contribution in [1.29, 1.82) is 0 Å². The first-order valence-electron chi connectivity index (χ1n) is 8.92. The Morgan fingerprint density at radius 3 is 2.72 bits per heavy atom. The Kier molecular flexibility index (Phi) is 6.46. The summed E-state index contributed by atoms with van der Waals surface area (Å²) in [6.45, 7) is 2.73. The summed E-state index contributed by atoms with van der Waals surface area (Å²) in [7, 11) is -2.26. The zero-order valence-corrected chi connectivity index (χ0v) is 17.7. The molecule has 0 atom stereocenters. The van der Waals surface area contributed by atoms with Crippen molar-refractivity contribution in [3.05, 3.63) is 42.5 Å². The number of nitrogens with zero attached hydrogens (tertiary/aromatic N) is 2. The van der Waals surface area contributed by atoms with Crippen LogP contribution in [-0.4, -0.2) is 36.7 Å². The van der Waals surface area contributed by atoms with Gasteiger partial charge in [-0.2, -0.15) is 0 Å². The van der Waals surface area contributed by atoms with Crippen LogP contribution in [0.25, 0.3) is 11.0 Å². The number of methoxy groups -OCH3 is 1. The van der Waals surface area contributed by atoms with E-state index < -0.39 is 10.0 Å². The smallest absolute Gasteiger partial charge is 0.238 e. The molecule has 1 heterocycles. The molecule has 0 saturated carbocycles. The molecule has 1 aromatic heterocycles. The van der Waals surface area contributed by atoms with Gasteiger partial charge < -0.3 is 14.6 Å². The summed E-state index contributed by atoms with van der Waals surface area (Å²) >= 11 is 1.29. The lowest BCUT2D eigenvalue weighted by atomic mass is 10.3. The van der Waals surface area contributed by atoms with Crippen molar-refractivity contribution < 1.29 is 17.9 Å². The highest BCUT2D eigenvalue weighted by Gasteiger charge is 2.16. The number of amides is 1. The number of aromatic nitrogens is 2. The third-order valence-corrected chi connectivity index (χ3v) is 6.06. The Bertz CT molecular complexity index is 1140. The van der Waals surface area contributed by atoms with Crippen LogP contribution in [0.2, 0.25) is 0 Å². The molecule has 0 aliphatic rings. The van der Waals surface area contributed by atoms with E-state index in [2.05, 4.69) is 10.3 Å². The summed E-state index contributed by atoms with van der Waals surface area (Å²) in [6, 6.07) is 11.8. The third-order valence-electron chi connectivity index (χ3n) is 4.17. The number of thioether (sulfide) groups is 1. The van der Waals surface area contributed by atoms with Crippen LogP contribution in [0.5, 0.6) is 5.75 Å². The molecular weight excluding hydrogens is 412 g/mol. The number of sulfonamides is 1. The molecule has 0 bridgehead atoms. The number of benzene rings is 2. The van der Waals surface area contributed by atoms with Crippen molar-refractivity contribution in [3.8, 4) is 5.75 Å². The van der Waals surface area contributed by atoms with E-state index in [0.717, 1.165) is 11.9 Å². The number of carbonyl (C=O) groups excluding carboxylic acids is 1. The number of nitrogens with one attached hydrogen (secondary N) is 1. The average Bonchev–Trinajstić information content (AvgIpc) is 3.03. The molecule has 8 nitrogen and oxygen atoms in total. The Labute approximate surface area is 173 Å². The number of rotatable bonds is 8. The highest BCUT2D eigenvalue weighted by molar-refractivity contribution is 7.99. The lowest BCUT2D eigenvalue weighted by Gasteiger charge is -2.10. The van der Waals surface area contributed by atoms with Gasteiger partial charge in [-0.15, -0.1) is 0 Å². The van der Waals surface area contributed by atoms with E-state index in [1.165, 1.54) is 23.9 Å². The van der Waals surface area contributed by atoms with Crippen molar-refractivity contribution in [1.82, 2.24) is 9.55 Å². The molecule has 1 amide bonds. The van der Waals surface area contributed by atoms with Crippen molar-refractivity contribution in [2.24, 2.45) is 5.14 Å². The van der Waals surface area contributed by atoms with Crippen LogP contribution < -0.4 is 15.2 Å². The molecule has 0 radical (unpaired) electrons. The van der Waals surface area contributed by atoms with Crippen LogP contribution in [0, 0.1) is 0 Å². The number of hydrogen-bond acceptors (Lipinski definition) is 6. The summed E-state index contributed by atoms with van der Waals surface area (Å²) < 4.78 is 30.4. The number of ether oxygens (including phenoxy) is 1. The fourth-order valence-electron chi connectivity index (χ4n) is 2.88. The largest absolute Gasteiger partial charge is 0.495 e. The van der Waals surface area contributed by atoms with Crippen LogP contribution in [0.3, 0.4) is 0 Å². The van der Waals surface area contributed by atoms with Crippen molar-refractivity contribution in [2.45, 2.75) is 29.9 Å². The standard InChI is InChI=1S/C19H22N4O4S2/c1-3-10-23-16-9-8-13(29(20,25)26)11-15(16)22-19(23)28-12-18(24)21-14-6-4-5-7-17(14)27-2/h4-9,11H,3,10,12H2,1-2H3,(H,21,24)(H2,20,25,26). The number of hydrogen-bond donors (Lipinski definition) is 2. The number of aryl methyl sites for hydroxylation is 1. The molecule has 2 aromatic carbocycles. The molecule has 10 heteroatoms. The number of imidazole rings is 1. The maximum atomic E-state index is 12.4. The second-order valence-corrected chi connectivity index (χ2v) is 8.78. The van der Waals surface area contributed by atoms with Gasteiger partial charge in [-0.3, -0.25) is 4.79 Å². The van der Waals surface area contributed by atoms with E-state index in [0.29, 0.717) is 28.7 Å². The fourth-order valence-corrected chi connectivity index (χ4v) is 4.25. The van der Waals surface area contributed by atoms with Gasteiger partial charge in [0.1, 0.15) is 5.75 Å². The lowest BCUT2D eigenvalue weighted by molar-refractivity contribution is -0.113. The minimum atomic E-state index is -3.81. The van der Waals surface area contributed by atoms with Gasteiger partial charge in [0, 0.05) is 6.54 Å². The quantitative estimate of drug-likeness (QED) is 0.527. The molecule has 3 N–H and O–H groups in total. The molecule has 3 aromatic rings. The zero-order valence-electron chi connectivity index (χ0n) is 16.1. The summed E-state index contributed by atoms with van der Waals surface area (Å²) in [6.07, 6.45) is 0.864. The fraction of sp³-hybridized carbons (Fsp3) is 0.263. The third kappa shape index (κ3) is 4.89. The zero-order chi connectivity index (χ0) is 21.0. The monoisotopic (exact) mass is 434 g/mol. The van der Waals surface area contributed by atoms with Crippen molar-refractivity contribution >= 4 is 44.4 Å².